The van der Waals surface area contributed by atoms with Gasteiger partial charge in [-0.15, -0.1) is 11.3 Å². The summed E-state index contributed by atoms with van der Waals surface area (Å²) in [6.07, 6.45) is 1.69. The number of hydrogen-bond acceptors (Lipinski definition) is 4. The molecule has 0 saturated heterocycles. The predicted octanol–water partition coefficient (Wildman–Crippen LogP) is 1.13. The van der Waals surface area contributed by atoms with Gasteiger partial charge in [0.25, 0.3) is 5.91 Å². The van der Waals surface area contributed by atoms with Crippen LogP contribution in [0.3, 0.4) is 0 Å². The maximum Gasteiger partial charge on any atom is 0.329 e. The van der Waals surface area contributed by atoms with E-state index >= 15 is 0 Å². The number of thiazole rings is 1. The summed E-state index contributed by atoms with van der Waals surface area (Å²) in [5.41, 5.74) is 0.656. The number of rotatable bonds is 4. The molecule has 2 N–H and O–H groups in total. The van der Waals surface area contributed by atoms with Crippen LogP contribution in [0.25, 0.3) is 0 Å². The van der Waals surface area contributed by atoms with E-state index in [4.69, 9.17) is 5.11 Å². The normalized spacial score (nSPS) is 18.8. The molecule has 0 radical (unpaired) electrons. The molecule has 0 aliphatic heterocycles. The van der Waals surface area contributed by atoms with Crippen molar-refractivity contribution < 1.29 is 14.7 Å². The van der Waals surface area contributed by atoms with Crippen LogP contribution in [0.1, 0.15) is 30.3 Å². The van der Waals surface area contributed by atoms with E-state index in [0.717, 1.165) is 12.8 Å². The molecule has 0 spiro atoms. The van der Waals surface area contributed by atoms with Crippen molar-refractivity contribution in [3.63, 3.8) is 0 Å². The van der Waals surface area contributed by atoms with Crippen LogP contribution in [0.5, 0.6) is 0 Å². The number of aromatic nitrogens is 1. The Morgan fingerprint density at radius 1 is 1.62 bits per heavy atom. The summed E-state index contributed by atoms with van der Waals surface area (Å²) in [6.45, 7) is 1.55. The minimum Gasteiger partial charge on any atom is -0.480 e. The highest BCUT2D eigenvalue weighted by Crippen LogP contribution is 2.39. The minimum atomic E-state index is -1.17. The van der Waals surface area contributed by atoms with Crippen molar-refractivity contribution in [1.82, 2.24) is 10.3 Å². The summed E-state index contributed by atoms with van der Waals surface area (Å²) < 4.78 is 0. The third-order valence-electron chi connectivity index (χ3n) is 2.88. The lowest BCUT2D eigenvalue weighted by Crippen LogP contribution is -2.54. The molecule has 1 heterocycles. The molecule has 1 aromatic rings. The number of aliphatic carboxylic acids is 1. The van der Waals surface area contributed by atoms with Gasteiger partial charge in [-0.1, -0.05) is 0 Å². The van der Waals surface area contributed by atoms with Crippen LogP contribution in [-0.4, -0.2) is 27.5 Å². The van der Waals surface area contributed by atoms with Gasteiger partial charge in [0.1, 0.15) is 11.2 Å². The van der Waals surface area contributed by atoms with Gasteiger partial charge in [0.15, 0.2) is 0 Å². The SMILES string of the molecule is CC(NC(=O)c1cscn1)(C(=O)O)C1CC1. The summed E-state index contributed by atoms with van der Waals surface area (Å²) in [5, 5.41) is 13.3. The summed E-state index contributed by atoms with van der Waals surface area (Å²) in [5.74, 6) is -1.37. The standard InChI is InChI=1S/C10H12N2O3S/c1-10(9(14)15,6-2-3-6)12-8(13)7-4-16-5-11-7/h4-6H,2-3H2,1H3,(H,12,13)(H,14,15). The first kappa shape index (κ1) is 11.1. The molecule has 1 atom stereocenters. The first-order valence-electron chi connectivity index (χ1n) is 4.98. The minimum absolute atomic E-state index is 0.0348. The molecule has 6 heteroatoms. The van der Waals surface area contributed by atoms with Gasteiger partial charge in [-0.2, -0.15) is 0 Å². The van der Waals surface area contributed by atoms with Crippen LogP contribution >= 0.6 is 11.3 Å². The van der Waals surface area contributed by atoms with E-state index < -0.39 is 17.4 Å². The second-order valence-electron chi connectivity index (χ2n) is 4.11. The quantitative estimate of drug-likeness (QED) is 0.826. The molecule has 1 aromatic heterocycles. The van der Waals surface area contributed by atoms with Gasteiger partial charge in [0.05, 0.1) is 5.51 Å². The first-order chi connectivity index (χ1) is 7.54. The molecule has 1 saturated carbocycles. The molecule has 1 fully saturated rings. The lowest BCUT2D eigenvalue weighted by molar-refractivity contribution is -0.144. The van der Waals surface area contributed by atoms with E-state index in [9.17, 15) is 9.59 Å². The van der Waals surface area contributed by atoms with Gasteiger partial charge in [0, 0.05) is 5.38 Å². The van der Waals surface area contributed by atoms with Crippen LogP contribution in [0.2, 0.25) is 0 Å². The number of nitrogens with one attached hydrogen (secondary N) is 1. The van der Waals surface area contributed by atoms with Crippen molar-refractivity contribution in [2.75, 3.05) is 0 Å². The summed E-state index contributed by atoms with van der Waals surface area (Å²) in [7, 11) is 0. The molecule has 2 rings (SSSR count). The zero-order valence-electron chi connectivity index (χ0n) is 8.77. The molecule has 1 aliphatic rings. The number of carboxylic acid groups (broad SMARTS) is 1. The Bertz CT molecular complexity index is 414. The average molecular weight is 240 g/mol. The van der Waals surface area contributed by atoms with Crippen molar-refractivity contribution in [3.05, 3.63) is 16.6 Å². The number of amides is 1. The molecule has 16 heavy (non-hydrogen) atoms. The Morgan fingerprint density at radius 2 is 2.31 bits per heavy atom. The molecular weight excluding hydrogens is 228 g/mol. The van der Waals surface area contributed by atoms with Gasteiger partial charge in [-0.3, -0.25) is 4.79 Å². The van der Waals surface area contributed by atoms with Gasteiger partial charge in [-0.25, -0.2) is 9.78 Å². The van der Waals surface area contributed by atoms with Crippen LogP contribution in [0, 0.1) is 5.92 Å². The molecule has 1 aliphatic carbocycles. The Balaban J connectivity index is 2.12. The van der Waals surface area contributed by atoms with E-state index in [2.05, 4.69) is 10.3 Å². The topological polar surface area (TPSA) is 79.3 Å². The fourth-order valence-corrected chi connectivity index (χ4v) is 2.15. The van der Waals surface area contributed by atoms with Crippen molar-refractivity contribution in [2.24, 2.45) is 5.92 Å². The zero-order valence-corrected chi connectivity index (χ0v) is 9.58. The zero-order chi connectivity index (χ0) is 11.8. The second kappa shape index (κ2) is 3.86. The van der Waals surface area contributed by atoms with Crippen molar-refractivity contribution in [2.45, 2.75) is 25.3 Å². The Hall–Kier alpha value is -1.43. The lowest BCUT2D eigenvalue weighted by atomic mass is 9.96. The Kier molecular flexibility index (Phi) is 2.67. The fraction of sp³-hybridized carbons (Fsp3) is 0.500. The first-order valence-corrected chi connectivity index (χ1v) is 5.92. The van der Waals surface area contributed by atoms with Crippen molar-refractivity contribution in [1.29, 1.82) is 0 Å². The number of carbonyl (C=O) groups is 2. The van der Waals surface area contributed by atoms with Crippen LogP contribution in [0.15, 0.2) is 10.9 Å². The molecule has 5 nitrogen and oxygen atoms in total. The number of hydrogen-bond donors (Lipinski definition) is 2. The number of nitrogens with zero attached hydrogens (tertiary/aromatic N) is 1. The van der Waals surface area contributed by atoms with Crippen molar-refractivity contribution in [3.8, 4) is 0 Å². The van der Waals surface area contributed by atoms with E-state index in [1.54, 1.807) is 17.8 Å². The molecule has 86 valence electrons. The summed E-state index contributed by atoms with van der Waals surface area (Å²) in [6, 6.07) is 0. The Morgan fingerprint density at radius 3 is 2.75 bits per heavy atom. The van der Waals surface area contributed by atoms with Crippen LogP contribution in [0.4, 0.5) is 0 Å². The number of carboxylic acids is 1. The van der Waals surface area contributed by atoms with Gasteiger partial charge < -0.3 is 10.4 Å². The third kappa shape index (κ3) is 1.92. The summed E-state index contributed by atoms with van der Waals surface area (Å²) >= 11 is 1.31. The Labute approximate surface area is 96.5 Å². The third-order valence-corrected chi connectivity index (χ3v) is 3.46. The van der Waals surface area contributed by atoms with E-state index in [-0.39, 0.29) is 11.6 Å². The smallest absolute Gasteiger partial charge is 0.329 e. The molecule has 0 aromatic carbocycles. The highest BCUT2D eigenvalue weighted by Gasteiger charge is 2.48. The summed E-state index contributed by atoms with van der Waals surface area (Å²) in [4.78, 5) is 26.8. The van der Waals surface area contributed by atoms with Gasteiger partial charge in [0.2, 0.25) is 0 Å². The average Bonchev–Trinajstić information content (AvgIpc) is 2.94. The van der Waals surface area contributed by atoms with Gasteiger partial charge >= 0.3 is 5.97 Å². The van der Waals surface area contributed by atoms with E-state index in [1.165, 1.54) is 11.3 Å². The molecule has 1 unspecified atom stereocenters. The highest BCUT2D eigenvalue weighted by atomic mass is 32.1. The maximum absolute atomic E-state index is 11.7. The molecule has 0 bridgehead atoms. The largest absolute Gasteiger partial charge is 0.480 e. The predicted molar refractivity (Wildman–Crippen MR) is 58.3 cm³/mol. The fourth-order valence-electron chi connectivity index (χ4n) is 1.62. The van der Waals surface area contributed by atoms with Crippen LogP contribution < -0.4 is 5.32 Å². The van der Waals surface area contributed by atoms with Gasteiger partial charge in [-0.05, 0) is 25.7 Å². The van der Waals surface area contributed by atoms with Crippen molar-refractivity contribution >= 4 is 23.2 Å². The van der Waals surface area contributed by atoms with Crippen LogP contribution in [-0.2, 0) is 4.79 Å². The van der Waals surface area contributed by atoms with E-state index in [1.807, 2.05) is 0 Å². The molecule has 1 amide bonds. The molecular formula is C10H12N2O3S. The lowest BCUT2D eigenvalue weighted by Gasteiger charge is -2.25. The van der Waals surface area contributed by atoms with E-state index in [0.29, 0.717) is 0 Å². The second-order valence-corrected chi connectivity index (χ2v) is 4.83. The number of carbonyl (C=O) groups excluding carboxylic acids is 1. The maximum atomic E-state index is 11.7. The monoisotopic (exact) mass is 240 g/mol. The highest BCUT2D eigenvalue weighted by molar-refractivity contribution is 7.07.